The predicted molar refractivity (Wildman–Crippen MR) is 96.4 cm³/mol. The van der Waals surface area contributed by atoms with Crippen molar-refractivity contribution in [1.82, 2.24) is 9.80 Å². The van der Waals surface area contributed by atoms with Gasteiger partial charge >= 0.3 is 5.97 Å². The molecular formula is C19H24N2O2S. The molecule has 0 amide bonds. The number of nitrogens with zero attached hydrogens (tertiary/aromatic N) is 2. The lowest BCUT2D eigenvalue weighted by molar-refractivity contribution is -0.155. The van der Waals surface area contributed by atoms with Gasteiger partial charge in [-0.2, -0.15) is 0 Å². The molecule has 0 bridgehead atoms. The van der Waals surface area contributed by atoms with Gasteiger partial charge in [0.2, 0.25) is 0 Å². The molecular weight excluding hydrogens is 320 g/mol. The Morgan fingerprint density at radius 1 is 1.38 bits per heavy atom. The first-order valence-electron chi connectivity index (χ1n) is 8.66. The van der Waals surface area contributed by atoms with Crippen molar-refractivity contribution in [1.29, 1.82) is 0 Å². The van der Waals surface area contributed by atoms with Crippen molar-refractivity contribution < 1.29 is 9.53 Å². The molecule has 2 fully saturated rings. The zero-order valence-electron chi connectivity index (χ0n) is 14.1. The van der Waals surface area contributed by atoms with E-state index in [1.807, 2.05) is 17.8 Å². The molecule has 1 aromatic carbocycles. The largest absolute Gasteiger partial charge is 0.468 e. The maximum atomic E-state index is 12.8. The standard InChI is InChI=1S/C19H24N2O2S/c1-23-18(22)19-9-7-17-21(11-12-24-17)16(19)8-10-20(14-19)13-15-5-3-2-4-6-15/h2-6,8,17H,7,9-14H2,1H3. The van der Waals surface area contributed by atoms with E-state index in [2.05, 4.69) is 40.1 Å². The van der Waals surface area contributed by atoms with E-state index in [-0.39, 0.29) is 5.97 Å². The predicted octanol–water partition coefficient (Wildman–Crippen LogP) is 2.71. The summed E-state index contributed by atoms with van der Waals surface area (Å²) in [5.74, 6) is 1.09. The van der Waals surface area contributed by atoms with Gasteiger partial charge in [0.15, 0.2) is 0 Å². The Morgan fingerprint density at radius 3 is 3.00 bits per heavy atom. The molecule has 0 N–H and O–H groups in total. The average Bonchev–Trinajstić information content (AvgIpc) is 3.10. The topological polar surface area (TPSA) is 32.8 Å². The van der Waals surface area contributed by atoms with Crippen LogP contribution in [0, 0.1) is 5.41 Å². The maximum Gasteiger partial charge on any atom is 0.319 e. The van der Waals surface area contributed by atoms with Gasteiger partial charge in [0.25, 0.3) is 0 Å². The summed E-state index contributed by atoms with van der Waals surface area (Å²) in [7, 11) is 1.52. The summed E-state index contributed by atoms with van der Waals surface area (Å²) in [5.41, 5.74) is 2.03. The molecule has 2 atom stereocenters. The van der Waals surface area contributed by atoms with Gasteiger partial charge in [-0.25, -0.2) is 0 Å². The van der Waals surface area contributed by atoms with Gasteiger partial charge in [0.1, 0.15) is 5.41 Å². The minimum Gasteiger partial charge on any atom is -0.468 e. The molecule has 4 rings (SSSR count). The highest BCUT2D eigenvalue weighted by atomic mass is 32.2. The zero-order valence-corrected chi connectivity index (χ0v) is 14.9. The lowest BCUT2D eigenvalue weighted by atomic mass is 9.74. The molecule has 0 aromatic heterocycles. The van der Waals surface area contributed by atoms with Gasteiger partial charge in [-0.1, -0.05) is 30.3 Å². The van der Waals surface area contributed by atoms with E-state index in [0.717, 1.165) is 44.8 Å². The Kier molecular flexibility index (Phi) is 4.31. The van der Waals surface area contributed by atoms with Crippen LogP contribution in [0.3, 0.4) is 0 Å². The Bertz CT molecular complexity index is 648. The minimum absolute atomic E-state index is 0.0677. The van der Waals surface area contributed by atoms with Crippen LogP contribution in [0.5, 0.6) is 0 Å². The highest BCUT2D eigenvalue weighted by molar-refractivity contribution is 8.00. The van der Waals surface area contributed by atoms with Crippen molar-refractivity contribution in [2.24, 2.45) is 5.41 Å². The van der Waals surface area contributed by atoms with Crippen LogP contribution in [0.15, 0.2) is 42.1 Å². The van der Waals surface area contributed by atoms with Gasteiger partial charge in [0.05, 0.1) is 12.5 Å². The molecule has 128 valence electrons. The monoisotopic (exact) mass is 344 g/mol. The van der Waals surface area contributed by atoms with Crippen LogP contribution in [0.2, 0.25) is 0 Å². The SMILES string of the molecule is COC(=O)C12CCC3SCCN3C1=CCN(Cc1ccccc1)C2. The van der Waals surface area contributed by atoms with E-state index in [9.17, 15) is 4.79 Å². The van der Waals surface area contributed by atoms with Crippen LogP contribution >= 0.6 is 11.8 Å². The number of hydrogen-bond donors (Lipinski definition) is 0. The van der Waals surface area contributed by atoms with Crippen LogP contribution < -0.4 is 0 Å². The summed E-state index contributed by atoms with van der Waals surface area (Å²) in [6.45, 7) is 3.59. The third-order valence-corrected chi connectivity index (χ3v) is 6.76. The fourth-order valence-corrected chi connectivity index (χ4v) is 5.63. The Morgan fingerprint density at radius 2 is 2.21 bits per heavy atom. The van der Waals surface area contributed by atoms with Gasteiger partial charge in [0, 0.05) is 37.6 Å². The van der Waals surface area contributed by atoms with Crippen molar-refractivity contribution in [2.45, 2.75) is 24.8 Å². The summed E-state index contributed by atoms with van der Waals surface area (Å²) < 4.78 is 5.26. The second kappa shape index (κ2) is 6.45. The molecule has 2 saturated heterocycles. The fraction of sp³-hybridized carbons (Fsp3) is 0.526. The quantitative estimate of drug-likeness (QED) is 0.788. The number of fused-ring (bicyclic) bond motifs is 3. The summed E-state index contributed by atoms with van der Waals surface area (Å²) >= 11 is 2.02. The highest BCUT2D eigenvalue weighted by Crippen LogP contribution is 2.49. The summed E-state index contributed by atoms with van der Waals surface area (Å²) in [4.78, 5) is 17.6. The number of thioether (sulfide) groups is 1. The van der Waals surface area contributed by atoms with Gasteiger partial charge < -0.3 is 9.64 Å². The third kappa shape index (κ3) is 2.64. The molecule has 4 nitrogen and oxygen atoms in total. The van der Waals surface area contributed by atoms with Gasteiger partial charge in [-0.15, -0.1) is 11.8 Å². The zero-order chi connectivity index (χ0) is 16.6. The molecule has 5 heteroatoms. The fourth-order valence-electron chi connectivity index (χ4n) is 4.37. The van der Waals surface area contributed by atoms with E-state index >= 15 is 0 Å². The summed E-state index contributed by atoms with van der Waals surface area (Å²) in [6.07, 6.45) is 4.24. The minimum atomic E-state index is -0.483. The number of benzene rings is 1. The molecule has 0 aliphatic carbocycles. The van der Waals surface area contributed by atoms with Crippen molar-refractivity contribution >= 4 is 17.7 Å². The molecule has 3 aliphatic rings. The first kappa shape index (κ1) is 16.0. The van der Waals surface area contributed by atoms with Crippen LogP contribution in [-0.4, -0.2) is 53.6 Å². The average molecular weight is 344 g/mol. The second-order valence-electron chi connectivity index (χ2n) is 6.88. The molecule has 1 aromatic rings. The normalized spacial score (nSPS) is 29.6. The van der Waals surface area contributed by atoms with Gasteiger partial charge in [-0.3, -0.25) is 9.69 Å². The van der Waals surface area contributed by atoms with E-state index in [1.165, 1.54) is 18.4 Å². The molecule has 24 heavy (non-hydrogen) atoms. The van der Waals surface area contributed by atoms with Crippen LogP contribution in [0.1, 0.15) is 18.4 Å². The number of carbonyl (C=O) groups is 1. The number of piperidine rings is 1. The van der Waals surface area contributed by atoms with Gasteiger partial charge in [-0.05, 0) is 24.5 Å². The van der Waals surface area contributed by atoms with E-state index in [0.29, 0.717) is 5.37 Å². The first-order chi connectivity index (χ1) is 11.7. The van der Waals surface area contributed by atoms with Crippen LogP contribution in [0.25, 0.3) is 0 Å². The Balaban J connectivity index is 1.62. The molecule has 3 heterocycles. The number of methoxy groups -OCH3 is 1. The van der Waals surface area contributed by atoms with Crippen LogP contribution in [0.4, 0.5) is 0 Å². The summed E-state index contributed by atoms with van der Waals surface area (Å²) in [6, 6.07) is 10.5. The van der Waals surface area contributed by atoms with E-state index in [4.69, 9.17) is 4.74 Å². The Hall–Kier alpha value is -1.46. The van der Waals surface area contributed by atoms with Crippen molar-refractivity contribution in [3.8, 4) is 0 Å². The lowest BCUT2D eigenvalue weighted by Crippen LogP contribution is -2.55. The molecule has 0 spiro atoms. The number of carbonyl (C=O) groups excluding carboxylic acids is 1. The van der Waals surface area contributed by atoms with Crippen molar-refractivity contribution in [2.75, 3.05) is 32.5 Å². The summed E-state index contributed by atoms with van der Waals surface area (Å²) in [5, 5.41) is 0.551. The van der Waals surface area contributed by atoms with E-state index in [1.54, 1.807) is 0 Å². The molecule has 2 unspecified atom stereocenters. The highest BCUT2D eigenvalue weighted by Gasteiger charge is 2.53. The van der Waals surface area contributed by atoms with E-state index < -0.39 is 5.41 Å². The molecule has 0 saturated carbocycles. The maximum absolute atomic E-state index is 12.8. The smallest absolute Gasteiger partial charge is 0.319 e. The van der Waals surface area contributed by atoms with Crippen molar-refractivity contribution in [3.05, 3.63) is 47.7 Å². The third-order valence-electron chi connectivity index (χ3n) is 5.47. The van der Waals surface area contributed by atoms with Crippen LogP contribution in [-0.2, 0) is 16.1 Å². The Labute approximate surface area is 147 Å². The molecule has 0 radical (unpaired) electrons. The number of rotatable bonds is 3. The number of hydrogen-bond acceptors (Lipinski definition) is 5. The second-order valence-corrected chi connectivity index (χ2v) is 8.16. The number of esters is 1. The van der Waals surface area contributed by atoms with Crippen molar-refractivity contribution in [3.63, 3.8) is 0 Å². The number of ether oxygens (including phenoxy) is 1. The lowest BCUT2D eigenvalue weighted by Gasteiger charge is -2.49. The first-order valence-corrected chi connectivity index (χ1v) is 9.71. The molecule has 3 aliphatic heterocycles.